The molecule has 1 saturated carbocycles. The molecule has 1 heterocycles. The molecule has 2 amide bonds. The van der Waals surface area contributed by atoms with Crippen molar-refractivity contribution in [2.45, 2.75) is 38.6 Å². The van der Waals surface area contributed by atoms with Crippen molar-refractivity contribution < 1.29 is 9.59 Å². The number of amides is 2. The van der Waals surface area contributed by atoms with Crippen molar-refractivity contribution in [2.75, 3.05) is 5.32 Å². The Morgan fingerprint density at radius 1 is 1.10 bits per heavy atom. The van der Waals surface area contributed by atoms with Gasteiger partial charge in [0.1, 0.15) is 5.69 Å². The zero-order chi connectivity index (χ0) is 20.4. The standard InChI is InChI=1S/C22H22N4O3/c1-13(27)23-17-9-5-4-8-16(17)20-22(29)26-19-12-14(10-11-18(19)25-20)21(28)24-15-6-2-3-7-15/h4-5,8-12,15H,2-3,6-7H2,1H3,(H,23,27)(H,24,28)(H,26,29). The van der Waals surface area contributed by atoms with Gasteiger partial charge in [-0.15, -0.1) is 0 Å². The van der Waals surface area contributed by atoms with Crippen molar-refractivity contribution in [2.24, 2.45) is 0 Å². The number of H-pyrrole nitrogens is 1. The topological polar surface area (TPSA) is 104 Å². The van der Waals surface area contributed by atoms with Crippen LogP contribution >= 0.6 is 0 Å². The van der Waals surface area contributed by atoms with E-state index in [9.17, 15) is 14.4 Å². The van der Waals surface area contributed by atoms with E-state index in [0.717, 1.165) is 25.7 Å². The summed E-state index contributed by atoms with van der Waals surface area (Å²) in [6, 6.07) is 12.3. The maximum Gasteiger partial charge on any atom is 0.275 e. The predicted molar refractivity (Wildman–Crippen MR) is 112 cm³/mol. The van der Waals surface area contributed by atoms with Gasteiger partial charge in [-0.1, -0.05) is 31.0 Å². The fraction of sp³-hybridized carbons (Fsp3) is 0.273. The van der Waals surface area contributed by atoms with Gasteiger partial charge in [0.25, 0.3) is 11.5 Å². The third-order valence-electron chi connectivity index (χ3n) is 5.14. The van der Waals surface area contributed by atoms with Gasteiger partial charge in [-0.05, 0) is 37.1 Å². The van der Waals surface area contributed by atoms with E-state index >= 15 is 0 Å². The molecule has 1 aliphatic carbocycles. The van der Waals surface area contributed by atoms with Gasteiger partial charge in [0.15, 0.2) is 0 Å². The number of para-hydroxylation sites is 1. The molecule has 0 atom stereocenters. The molecule has 0 bridgehead atoms. The van der Waals surface area contributed by atoms with Crippen LogP contribution in [0.3, 0.4) is 0 Å². The molecule has 1 aliphatic rings. The van der Waals surface area contributed by atoms with E-state index in [4.69, 9.17) is 0 Å². The molecule has 0 spiro atoms. The van der Waals surface area contributed by atoms with Crippen molar-refractivity contribution in [1.82, 2.24) is 15.3 Å². The van der Waals surface area contributed by atoms with Gasteiger partial charge in [-0.2, -0.15) is 0 Å². The van der Waals surface area contributed by atoms with E-state index < -0.39 is 0 Å². The second-order valence-electron chi connectivity index (χ2n) is 7.33. The third-order valence-corrected chi connectivity index (χ3v) is 5.14. The summed E-state index contributed by atoms with van der Waals surface area (Å²) in [5.41, 5.74) is 2.44. The van der Waals surface area contributed by atoms with Crippen molar-refractivity contribution in [3.8, 4) is 11.3 Å². The maximum absolute atomic E-state index is 12.7. The molecular weight excluding hydrogens is 368 g/mol. The summed E-state index contributed by atoms with van der Waals surface area (Å²) >= 11 is 0. The van der Waals surface area contributed by atoms with Crippen LogP contribution in [0.4, 0.5) is 5.69 Å². The molecule has 3 N–H and O–H groups in total. The van der Waals surface area contributed by atoms with Crippen LogP contribution in [0, 0.1) is 0 Å². The fourth-order valence-corrected chi connectivity index (χ4v) is 3.74. The van der Waals surface area contributed by atoms with Gasteiger partial charge >= 0.3 is 0 Å². The Morgan fingerprint density at radius 3 is 2.62 bits per heavy atom. The lowest BCUT2D eigenvalue weighted by molar-refractivity contribution is -0.114. The predicted octanol–water partition coefficient (Wildman–Crippen LogP) is 3.22. The molecule has 0 aliphatic heterocycles. The molecule has 1 aromatic heterocycles. The first kappa shape index (κ1) is 18.9. The van der Waals surface area contributed by atoms with E-state index in [2.05, 4.69) is 20.6 Å². The number of carbonyl (C=O) groups is 2. The smallest absolute Gasteiger partial charge is 0.275 e. The van der Waals surface area contributed by atoms with Crippen LogP contribution in [-0.2, 0) is 4.79 Å². The average Bonchev–Trinajstić information content (AvgIpc) is 3.20. The first-order valence-corrected chi connectivity index (χ1v) is 9.73. The van der Waals surface area contributed by atoms with E-state index in [-0.39, 0.29) is 29.1 Å². The third kappa shape index (κ3) is 4.03. The van der Waals surface area contributed by atoms with Crippen LogP contribution in [0.15, 0.2) is 47.3 Å². The Morgan fingerprint density at radius 2 is 1.86 bits per heavy atom. The minimum atomic E-state index is -0.386. The molecule has 1 fully saturated rings. The number of benzene rings is 2. The van der Waals surface area contributed by atoms with Gasteiger partial charge in [0.05, 0.1) is 16.7 Å². The summed E-state index contributed by atoms with van der Waals surface area (Å²) in [5, 5.41) is 5.77. The minimum absolute atomic E-state index is 0.139. The van der Waals surface area contributed by atoms with Gasteiger partial charge in [-0.3, -0.25) is 14.4 Å². The highest BCUT2D eigenvalue weighted by Crippen LogP contribution is 2.25. The molecule has 7 heteroatoms. The quantitative estimate of drug-likeness (QED) is 0.636. The fourth-order valence-electron chi connectivity index (χ4n) is 3.74. The molecule has 148 valence electrons. The Kier molecular flexibility index (Phi) is 5.12. The molecular formula is C22H22N4O3. The number of nitrogens with zero attached hydrogens (tertiary/aromatic N) is 1. The van der Waals surface area contributed by atoms with E-state index in [1.807, 2.05) is 0 Å². The first-order valence-electron chi connectivity index (χ1n) is 9.73. The van der Waals surface area contributed by atoms with Gasteiger partial charge in [0.2, 0.25) is 5.91 Å². The van der Waals surface area contributed by atoms with E-state index in [1.54, 1.807) is 42.5 Å². The number of nitrogens with one attached hydrogen (secondary N) is 3. The second-order valence-corrected chi connectivity index (χ2v) is 7.33. The Hall–Kier alpha value is -3.48. The van der Waals surface area contributed by atoms with Gasteiger partial charge in [0, 0.05) is 24.1 Å². The normalized spacial score (nSPS) is 14.1. The number of fused-ring (bicyclic) bond motifs is 1. The van der Waals surface area contributed by atoms with Crippen molar-refractivity contribution >= 4 is 28.5 Å². The Labute approximate surface area is 167 Å². The monoisotopic (exact) mass is 390 g/mol. The number of hydrogen-bond donors (Lipinski definition) is 3. The lowest BCUT2D eigenvalue weighted by Gasteiger charge is -2.12. The van der Waals surface area contributed by atoms with Crippen LogP contribution in [-0.4, -0.2) is 27.8 Å². The Bertz CT molecular complexity index is 1150. The first-order chi connectivity index (χ1) is 14.0. The summed E-state index contributed by atoms with van der Waals surface area (Å²) in [5.74, 6) is -0.368. The average molecular weight is 390 g/mol. The van der Waals surface area contributed by atoms with Crippen molar-refractivity contribution in [3.63, 3.8) is 0 Å². The summed E-state index contributed by atoms with van der Waals surface area (Å²) in [7, 11) is 0. The SMILES string of the molecule is CC(=O)Nc1ccccc1-c1nc2ccc(C(=O)NC3CCCC3)cc2[nH]c1=O. The Balaban J connectivity index is 1.69. The summed E-state index contributed by atoms with van der Waals surface area (Å²) in [4.78, 5) is 44.0. The number of anilines is 1. The number of rotatable bonds is 4. The zero-order valence-electron chi connectivity index (χ0n) is 16.1. The molecule has 3 aromatic rings. The van der Waals surface area contributed by atoms with Crippen LogP contribution in [0.2, 0.25) is 0 Å². The van der Waals surface area contributed by atoms with Crippen LogP contribution in [0.5, 0.6) is 0 Å². The molecule has 4 rings (SSSR count). The molecule has 0 saturated heterocycles. The molecule has 29 heavy (non-hydrogen) atoms. The van der Waals surface area contributed by atoms with Crippen LogP contribution < -0.4 is 16.2 Å². The maximum atomic E-state index is 12.7. The number of hydrogen-bond acceptors (Lipinski definition) is 4. The molecule has 0 unspecified atom stereocenters. The van der Waals surface area contributed by atoms with Crippen molar-refractivity contribution in [3.05, 3.63) is 58.4 Å². The minimum Gasteiger partial charge on any atom is -0.349 e. The van der Waals surface area contributed by atoms with Gasteiger partial charge in [-0.25, -0.2) is 4.98 Å². The molecule has 7 nitrogen and oxygen atoms in total. The summed E-state index contributed by atoms with van der Waals surface area (Å²) in [6.07, 6.45) is 4.30. The highest BCUT2D eigenvalue weighted by Gasteiger charge is 2.19. The van der Waals surface area contributed by atoms with E-state index in [1.165, 1.54) is 6.92 Å². The summed E-state index contributed by atoms with van der Waals surface area (Å²) in [6.45, 7) is 1.41. The number of aromatic amines is 1. The van der Waals surface area contributed by atoms with Crippen molar-refractivity contribution in [1.29, 1.82) is 0 Å². The largest absolute Gasteiger partial charge is 0.349 e. The molecule has 0 radical (unpaired) electrons. The lowest BCUT2D eigenvalue weighted by Crippen LogP contribution is -2.32. The molecule has 2 aromatic carbocycles. The van der Waals surface area contributed by atoms with Crippen LogP contribution in [0.25, 0.3) is 22.3 Å². The van der Waals surface area contributed by atoms with Crippen LogP contribution in [0.1, 0.15) is 43.0 Å². The summed E-state index contributed by atoms with van der Waals surface area (Å²) < 4.78 is 0. The number of carbonyl (C=O) groups excluding carboxylic acids is 2. The van der Waals surface area contributed by atoms with E-state index in [0.29, 0.717) is 27.8 Å². The highest BCUT2D eigenvalue weighted by molar-refractivity contribution is 5.98. The highest BCUT2D eigenvalue weighted by atomic mass is 16.2. The lowest BCUT2D eigenvalue weighted by atomic mass is 10.1. The van der Waals surface area contributed by atoms with Gasteiger partial charge < -0.3 is 15.6 Å². The number of aromatic nitrogens is 2. The zero-order valence-corrected chi connectivity index (χ0v) is 16.1. The second kappa shape index (κ2) is 7.87.